The number of ether oxygens (including phenoxy) is 3. The molecule has 1 N–H and O–H groups in total. The SMILES string of the molecule is COc1ccc(OC)c([C@@H](C)NC(=O)COC(=O)/C=C\c2c(C)nn(Cc3ccc(C)cc3)c2C)c1. The lowest BCUT2D eigenvalue weighted by atomic mass is 10.1. The summed E-state index contributed by atoms with van der Waals surface area (Å²) in [5.74, 6) is 0.239. The Balaban J connectivity index is 1.56. The van der Waals surface area contributed by atoms with Crippen LogP contribution in [0.25, 0.3) is 6.08 Å². The second-order valence-corrected chi connectivity index (χ2v) is 8.57. The summed E-state index contributed by atoms with van der Waals surface area (Å²) in [4.78, 5) is 24.6. The van der Waals surface area contributed by atoms with Crippen molar-refractivity contribution < 1.29 is 23.8 Å². The van der Waals surface area contributed by atoms with Gasteiger partial charge in [0.25, 0.3) is 5.91 Å². The number of carbonyl (C=O) groups excluding carboxylic acids is 2. The number of hydrogen-bond donors (Lipinski definition) is 1. The molecular weight excluding hydrogens is 458 g/mol. The van der Waals surface area contributed by atoms with E-state index in [1.54, 1.807) is 38.5 Å². The summed E-state index contributed by atoms with van der Waals surface area (Å²) in [5.41, 5.74) is 5.70. The highest BCUT2D eigenvalue weighted by Crippen LogP contribution is 2.29. The van der Waals surface area contributed by atoms with Crippen molar-refractivity contribution in [3.05, 3.63) is 82.2 Å². The van der Waals surface area contributed by atoms with E-state index < -0.39 is 18.5 Å². The van der Waals surface area contributed by atoms with Crippen molar-refractivity contribution >= 4 is 18.0 Å². The summed E-state index contributed by atoms with van der Waals surface area (Å²) >= 11 is 0. The number of hydrogen-bond acceptors (Lipinski definition) is 6. The zero-order valence-corrected chi connectivity index (χ0v) is 21.6. The number of aromatic nitrogens is 2. The number of nitrogens with one attached hydrogen (secondary N) is 1. The minimum atomic E-state index is -0.609. The monoisotopic (exact) mass is 491 g/mol. The van der Waals surface area contributed by atoms with E-state index in [9.17, 15) is 9.59 Å². The lowest BCUT2D eigenvalue weighted by Gasteiger charge is -2.18. The minimum absolute atomic E-state index is 0.374. The Kier molecular flexibility index (Phi) is 8.89. The maximum atomic E-state index is 12.4. The molecule has 3 aromatic rings. The molecule has 1 aromatic heterocycles. The van der Waals surface area contributed by atoms with Gasteiger partial charge in [-0.15, -0.1) is 0 Å². The van der Waals surface area contributed by atoms with Crippen molar-refractivity contribution in [3.8, 4) is 11.5 Å². The Morgan fingerprint density at radius 3 is 2.44 bits per heavy atom. The van der Waals surface area contributed by atoms with E-state index in [0.717, 1.165) is 28.1 Å². The normalized spacial score (nSPS) is 11.8. The largest absolute Gasteiger partial charge is 0.497 e. The van der Waals surface area contributed by atoms with Gasteiger partial charge in [0.15, 0.2) is 6.61 Å². The van der Waals surface area contributed by atoms with Gasteiger partial charge in [-0.05, 0) is 57.5 Å². The van der Waals surface area contributed by atoms with Gasteiger partial charge in [-0.3, -0.25) is 9.48 Å². The topological polar surface area (TPSA) is 91.7 Å². The standard InChI is InChI=1S/C28H33N3O5/c1-18-7-9-22(10-8-18)16-31-21(4)24(20(3)30-31)12-14-28(33)36-17-27(32)29-19(2)25-15-23(34-5)11-13-26(25)35-6/h7-15,19H,16-17H2,1-6H3,(H,29,32)/b14-12-/t19-/m1/s1. The summed E-state index contributed by atoms with van der Waals surface area (Å²) in [5, 5.41) is 7.41. The van der Waals surface area contributed by atoms with E-state index in [1.807, 2.05) is 25.5 Å². The van der Waals surface area contributed by atoms with Crippen molar-refractivity contribution in [2.45, 2.75) is 40.3 Å². The molecule has 8 nitrogen and oxygen atoms in total. The quantitative estimate of drug-likeness (QED) is 0.336. The fraction of sp³-hybridized carbons (Fsp3) is 0.321. The Labute approximate surface area is 211 Å². The molecule has 190 valence electrons. The van der Waals surface area contributed by atoms with E-state index in [-0.39, 0.29) is 6.04 Å². The molecule has 36 heavy (non-hydrogen) atoms. The predicted molar refractivity (Wildman–Crippen MR) is 138 cm³/mol. The number of nitrogens with zero attached hydrogens (tertiary/aromatic N) is 2. The van der Waals surface area contributed by atoms with E-state index in [1.165, 1.54) is 11.6 Å². The molecular formula is C28H33N3O5. The van der Waals surface area contributed by atoms with Crippen LogP contribution in [0.2, 0.25) is 0 Å². The summed E-state index contributed by atoms with van der Waals surface area (Å²) in [6, 6.07) is 13.3. The molecule has 0 aliphatic rings. The number of methoxy groups -OCH3 is 2. The first-order chi connectivity index (χ1) is 17.2. The summed E-state index contributed by atoms with van der Waals surface area (Å²) in [6.45, 7) is 7.96. The molecule has 0 saturated heterocycles. The highest BCUT2D eigenvalue weighted by atomic mass is 16.5. The number of benzene rings is 2. The average Bonchev–Trinajstić information content (AvgIpc) is 3.13. The minimum Gasteiger partial charge on any atom is -0.497 e. The van der Waals surface area contributed by atoms with Gasteiger partial charge < -0.3 is 19.5 Å². The van der Waals surface area contributed by atoms with Crippen LogP contribution in [0.3, 0.4) is 0 Å². The molecule has 3 rings (SSSR count). The second kappa shape index (κ2) is 12.1. The van der Waals surface area contributed by atoms with Crippen molar-refractivity contribution in [1.82, 2.24) is 15.1 Å². The lowest BCUT2D eigenvalue weighted by Crippen LogP contribution is -2.31. The molecule has 1 heterocycles. The molecule has 0 saturated carbocycles. The van der Waals surface area contributed by atoms with Crippen LogP contribution in [-0.4, -0.2) is 42.5 Å². The number of carbonyl (C=O) groups is 2. The molecule has 0 aliphatic carbocycles. The van der Waals surface area contributed by atoms with Crippen LogP contribution in [0.1, 0.15) is 46.6 Å². The van der Waals surface area contributed by atoms with Crippen LogP contribution in [-0.2, 0) is 20.9 Å². The molecule has 1 amide bonds. The van der Waals surface area contributed by atoms with Crippen molar-refractivity contribution in [2.24, 2.45) is 0 Å². The molecule has 2 aromatic carbocycles. The number of aryl methyl sites for hydroxylation is 2. The average molecular weight is 492 g/mol. The van der Waals surface area contributed by atoms with Gasteiger partial charge in [0, 0.05) is 22.9 Å². The van der Waals surface area contributed by atoms with Gasteiger partial charge in [0.05, 0.1) is 32.5 Å². The molecule has 8 heteroatoms. The molecule has 0 fully saturated rings. The van der Waals surface area contributed by atoms with Crippen LogP contribution in [0.15, 0.2) is 48.5 Å². The van der Waals surface area contributed by atoms with E-state index in [2.05, 4.69) is 41.6 Å². The van der Waals surface area contributed by atoms with E-state index in [0.29, 0.717) is 18.0 Å². The van der Waals surface area contributed by atoms with Crippen molar-refractivity contribution in [1.29, 1.82) is 0 Å². The smallest absolute Gasteiger partial charge is 0.331 e. The summed E-state index contributed by atoms with van der Waals surface area (Å²) in [7, 11) is 3.13. The third-order valence-electron chi connectivity index (χ3n) is 5.90. The highest BCUT2D eigenvalue weighted by molar-refractivity contribution is 5.89. The van der Waals surface area contributed by atoms with Crippen molar-refractivity contribution in [3.63, 3.8) is 0 Å². The molecule has 0 unspecified atom stereocenters. The van der Waals surface area contributed by atoms with E-state index >= 15 is 0 Å². The fourth-order valence-electron chi connectivity index (χ4n) is 3.85. The predicted octanol–water partition coefficient (Wildman–Crippen LogP) is 4.31. The first-order valence-electron chi connectivity index (χ1n) is 11.7. The summed E-state index contributed by atoms with van der Waals surface area (Å²) < 4.78 is 17.7. The Hall–Kier alpha value is -4.07. The highest BCUT2D eigenvalue weighted by Gasteiger charge is 2.16. The first kappa shape index (κ1) is 26.5. The molecule has 0 spiro atoms. The second-order valence-electron chi connectivity index (χ2n) is 8.57. The lowest BCUT2D eigenvalue weighted by molar-refractivity contribution is -0.144. The maximum absolute atomic E-state index is 12.4. The van der Waals surface area contributed by atoms with Crippen LogP contribution in [0.4, 0.5) is 0 Å². The zero-order valence-electron chi connectivity index (χ0n) is 21.6. The Morgan fingerprint density at radius 2 is 1.78 bits per heavy atom. The van der Waals surface area contributed by atoms with Gasteiger partial charge in [0.1, 0.15) is 11.5 Å². The molecule has 0 aliphatic heterocycles. The van der Waals surface area contributed by atoms with Crippen LogP contribution in [0.5, 0.6) is 11.5 Å². The zero-order chi connectivity index (χ0) is 26.2. The Bertz CT molecular complexity index is 1240. The van der Waals surface area contributed by atoms with Crippen molar-refractivity contribution in [2.75, 3.05) is 20.8 Å². The number of amides is 1. The third kappa shape index (κ3) is 6.75. The van der Waals surface area contributed by atoms with Gasteiger partial charge in [-0.1, -0.05) is 29.8 Å². The van der Waals surface area contributed by atoms with Gasteiger partial charge in [-0.25, -0.2) is 4.79 Å². The Morgan fingerprint density at radius 1 is 1.06 bits per heavy atom. The van der Waals surface area contributed by atoms with Gasteiger partial charge >= 0.3 is 5.97 Å². The van der Waals surface area contributed by atoms with Gasteiger partial charge in [-0.2, -0.15) is 5.10 Å². The molecule has 0 bridgehead atoms. The van der Waals surface area contributed by atoms with E-state index in [4.69, 9.17) is 14.2 Å². The van der Waals surface area contributed by atoms with Crippen LogP contribution >= 0.6 is 0 Å². The fourth-order valence-corrected chi connectivity index (χ4v) is 3.85. The third-order valence-corrected chi connectivity index (χ3v) is 5.90. The number of rotatable bonds is 10. The van der Waals surface area contributed by atoms with Gasteiger partial charge in [0.2, 0.25) is 0 Å². The number of esters is 1. The molecule has 1 atom stereocenters. The first-order valence-corrected chi connectivity index (χ1v) is 11.7. The molecule has 0 radical (unpaired) electrons. The maximum Gasteiger partial charge on any atom is 0.331 e. The summed E-state index contributed by atoms with van der Waals surface area (Å²) in [6.07, 6.45) is 2.99. The van der Waals surface area contributed by atoms with Crippen LogP contribution in [0, 0.1) is 20.8 Å². The van der Waals surface area contributed by atoms with Crippen LogP contribution < -0.4 is 14.8 Å².